The van der Waals surface area contributed by atoms with E-state index in [1.54, 1.807) is 30.5 Å². The maximum atomic E-state index is 12.1. The van der Waals surface area contributed by atoms with Gasteiger partial charge in [-0.15, -0.1) is 0 Å². The second-order valence-corrected chi connectivity index (χ2v) is 6.92. The summed E-state index contributed by atoms with van der Waals surface area (Å²) in [7, 11) is 0. The van der Waals surface area contributed by atoms with Crippen molar-refractivity contribution in [1.82, 2.24) is 21.2 Å². The molecule has 0 radical (unpaired) electrons. The molecule has 2 aromatic rings. The van der Waals surface area contributed by atoms with Crippen molar-refractivity contribution >= 4 is 17.7 Å². The number of aromatic amines is 1. The number of carbonyl (C=O) groups excluding carboxylic acids is 3. The summed E-state index contributed by atoms with van der Waals surface area (Å²) in [4.78, 5) is 38.2. The van der Waals surface area contributed by atoms with Gasteiger partial charge < -0.3 is 10.3 Å². The van der Waals surface area contributed by atoms with Gasteiger partial charge in [0.2, 0.25) is 5.91 Å². The van der Waals surface area contributed by atoms with E-state index in [4.69, 9.17) is 0 Å². The molecule has 0 aliphatic heterocycles. The van der Waals surface area contributed by atoms with Gasteiger partial charge in [0.1, 0.15) is 5.69 Å². The Morgan fingerprint density at radius 1 is 0.962 bits per heavy atom. The first-order chi connectivity index (χ1) is 12.3. The Labute approximate surface area is 152 Å². The van der Waals surface area contributed by atoms with Gasteiger partial charge >= 0.3 is 0 Å². The number of carbonyl (C=O) groups is 3. The van der Waals surface area contributed by atoms with Crippen molar-refractivity contribution in [1.29, 1.82) is 0 Å². The largest absolute Gasteiger partial charge is 0.357 e. The van der Waals surface area contributed by atoms with E-state index >= 15 is 0 Å². The topological polar surface area (TPSA) is 103 Å². The molecule has 0 saturated carbocycles. The summed E-state index contributed by atoms with van der Waals surface area (Å²) < 4.78 is 0. The minimum atomic E-state index is -0.439. The minimum Gasteiger partial charge on any atom is -0.357 e. The van der Waals surface area contributed by atoms with Crippen molar-refractivity contribution in [3.63, 3.8) is 0 Å². The van der Waals surface area contributed by atoms with Gasteiger partial charge in [-0.05, 0) is 35.2 Å². The molecule has 26 heavy (non-hydrogen) atoms. The maximum Gasteiger partial charge on any atom is 0.286 e. The molecule has 0 bridgehead atoms. The first-order valence-electron chi connectivity index (χ1n) is 8.38. The van der Waals surface area contributed by atoms with Crippen molar-refractivity contribution in [2.24, 2.45) is 0 Å². The van der Waals surface area contributed by atoms with Crippen molar-refractivity contribution in [2.45, 2.75) is 32.6 Å². The number of H-pyrrole nitrogens is 1. The highest BCUT2D eigenvalue weighted by Gasteiger charge is 2.14. The van der Waals surface area contributed by atoms with Crippen LogP contribution in [0.2, 0.25) is 0 Å². The number of rotatable bonds is 5. The Balaban J connectivity index is 1.72. The summed E-state index contributed by atoms with van der Waals surface area (Å²) in [5, 5.41) is 2.68. The number of aromatic nitrogens is 1. The lowest BCUT2D eigenvalue weighted by molar-refractivity contribution is -0.121. The molecule has 4 N–H and O–H groups in total. The zero-order valence-electron chi connectivity index (χ0n) is 15.2. The fourth-order valence-corrected chi connectivity index (χ4v) is 2.24. The van der Waals surface area contributed by atoms with Crippen molar-refractivity contribution in [2.75, 3.05) is 6.54 Å². The van der Waals surface area contributed by atoms with E-state index in [0.29, 0.717) is 11.3 Å². The Morgan fingerprint density at radius 3 is 2.23 bits per heavy atom. The fraction of sp³-hybridized carbons (Fsp3) is 0.316. The number of hydrogen-bond donors (Lipinski definition) is 4. The molecule has 0 aliphatic rings. The molecule has 1 aromatic heterocycles. The van der Waals surface area contributed by atoms with E-state index in [1.165, 1.54) is 0 Å². The number of nitrogens with one attached hydrogen (secondary N) is 4. The number of hydrazine groups is 1. The summed E-state index contributed by atoms with van der Waals surface area (Å²) in [5.41, 5.74) is 6.65. The van der Waals surface area contributed by atoms with Crippen molar-refractivity contribution in [3.05, 3.63) is 59.4 Å². The molecule has 0 spiro atoms. The van der Waals surface area contributed by atoms with E-state index in [-0.39, 0.29) is 24.3 Å². The molecular weight excluding hydrogens is 332 g/mol. The van der Waals surface area contributed by atoms with Crippen LogP contribution in [0.15, 0.2) is 42.6 Å². The van der Waals surface area contributed by atoms with Crippen LogP contribution in [0.1, 0.15) is 53.6 Å². The van der Waals surface area contributed by atoms with Crippen LogP contribution in [0.25, 0.3) is 0 Å². The summed E-state index contributed by atoms with van der Waals surface area (Å²) in [6.45, 7) is 6.49. The third-order valence-corrected chi connectivity index (χ3v) is 3.81. The predicted octanol–water partition coefficient (Wildman–Crippen LogP) is 1.89. The van der Waals surface area contributed by atoms with Crippen LogP contribution in [0.3, 0.4) is 0 Å². The molecule has 0 saturated heterocycles. The number of amides is 3. The summed E-state index contributed by atoms with van der Waals surface area (Å²) in [6, 6.07) is 10.7. The molecule has 0 fully saturated rings. The fourth-order valence-electron chi connectivity index (χ4n) is 2.24. The van der Waals surface area contributed by atoms with Gasteiger partial charge in [-0.3, -0.25) is 25.2 Å². The van der Waals surface area contributed by atoms with Crippen molar-refractivity contribution in [3.8, 4) is 0 Å². The highest BCUT2D eigenvalue weighted by molar-refractivity contribution is 5.95. The summed E-state index contributed by atoms with van der Waals surface area (Å²) in [6.07, 6.45) is 1.66. The lowest BCUT2D eigenvalue weighted by Crippen LogP contribution is -2.42. The van der Waals surface area contributed by atoms with Gasteiger partial charge in [0.25, 0.3) is 11.8 Å². The molecule has 3 amide bonds. The van der Waals surface area contributed by atoms with Crippen molar-refractivity contribution < 1.29 is 14.4 Å². The van der Waals surface area contributed by atoms with Gasteiger partial charge in [0.05, 0.1) is 0 Å². The molecule has 7 nitrogen and oxygen atoms in total. The Hall–Kier alpha value is -3.09. The monoisotopic (exact) mass is 356 g/mol. The predicted molar refractivity (Wildman–Crippen MR) is 98.5 cm³/mol. The first kappa shape index (κ1) is 19.2. The average Bonchev–Trinajstić information content (AvgIpc) is 3.13. The summed E-state index contributed by atoms with van der Waals surface area (Å²) in [5.74, 6) is -1.08. The van der Waals surface area contributed by atoms with Crippen LogP contribution >= 0.6 is 0 Å². The average molecular weight is 356 g/mol. The van der Waals surface area contributed by atoms with E-state index in [1.807, 2.05) is 12.1 Å². The lowest BCUT2D eigenvalue weighted by Gasteiger charge is -2.19. The number of hydrogen-bond acceptors (Lipinski definition) is 3. The van der Waals surface area contributed by atoms with Crippen LogP contribution < -0.4 is 16.2 Å². The highest BCUT2D eigenvalue weighted by atomic mass is 16.2. The van der Waals surface area contributed by atoms with Crippen LogP contribution in [0, 0.1) is 0 Å². The van der Waals surface area contributed by atoms with Crippen LogP contribution in [-0.4, -0.2) is 29.3 Å². The van der Waals surface area contributed by atoms with Crippen LogP contribution in [-0.2, 0) is 10.2 Å². The molecule has 1 aromatic carbocycles. The second-order valence-electron chi connectivity index (χ2n) is 6.92. The standard InChI is InChI=1S/C19H24N4O3/c1-19(2,3)14-8-6-13(7-9-14)17(25)21-12-10-16(24)22-23-18(26)15-5-4-11-20-15/h4-9,11,20H,10,12H2,1-3H3,(H,21,25)(H,22,24)(H,23,26). The molecule has 0 aliphatic carbocycles. The first-order valence-corrected chi connectivity index (χ1v) is 8.38. The molecule has 0 unspecified atom stereocenters. The zero-order valence-corrected chi connectivity index (χ0v) is 15.2. The molecule has 1 heterocycles. The lowest BCUT2D eigenvalue weighted by atomic mass is 9.87. The van der Waals surface area contributed by atoms with Crippen LogP contribution in [0.5, 0.6) is 0 Å². The molecule has 138 valence electrons. The van der Waals surface area contributed by atoms with Gasteiger partial charge in [0.15, 0.2) is 0 Å². The normalized spacial score (nSPS) is 10.9. The van der Waals surface area contributed by atoms with Gasteiger partial charge in [-0.1, -0.05) is 32.9 Å². The Kier molecular flexibility index (Phi) is 6.16. The Morgan fingerprint density at radius 2 is 1.65 bits per heavy atom. The third kappa shape index (κ3) is 5.47. The van der Waals surface area contributed by atoms with E-state index in [9.17, 15) is 14.4 Å². The third-order valence-electron chi connectivity index (χ3n) is 3.81. The molecule has 0 atom stereocenters. The quantitative estimate of drug-likeness (QED) is 0.615. The molecule has 2 rings (SSSR count). The van der Waals surface area contributed by atoms with E-state index in [0.717, 1.165) is 5.56 Å². The maximum absolute atomic E-state index is 12.1. The molecule has 7 heteroatoms. The number of benzene rings is 1. The smallest absolute Gasteiger partial charge is 0.286 e. The summed E-state index contributed by atoms with van der Waals surface area (Å²) >= 11 is 0. The highest BCUT2D eigenvalue weighted by Crippen LogP contribution is 2.22. The zero-order chi connectivity index (χ0) is 19.2. The van der Waals surface area contributed by atoms with E-state index in [2.05, 4.69) is 41.9 Å². The second kappa shape index (κ2) is 8.33. The van der Waals surface area contributed by atoms with Gasteiger partial charge in [0, 0.05) is 24.7 Å². The van der Waals surface area contributed by atoms with Gasteiger partial charge in [-0.25, -0.2) is 0 Å². The SMILES string of the molecule is CC(C)(C)c1ccc(C(=O)NCCC(=O)NNC(=O)c2ccc[nH]2)cc1. The minimum absolute atomic E-state index is 0.0255. The molecular formula is C19H24N4O3. The van der Waals surface area contributed by atoms with Crippen LogP contribution in [0.4, 0.5) is 0 Å². The Bertz CT molecular complexity index is 759. The van der Waals surface area contributed by atoms with E-state index < -0.39 is 11.8 Å². The van der Waals surface area contributed by atoms with Gasteiger partial charge in [-0.2, -0.15) is 0 Å².